The van der Waals surface area contributed by atoms with Crippen molar-refractivity contribution in [1.29, 1.82) is 0 Å². The third-order valence-corrected chi connectivity index (χ3v) is 6.74. The maximum Gasteiger partial charge on any atom is 0.331 e. The molecular formula is C22H26N2O5S. The molecule has 0 aromatic heterocycles. The number of carbonyl (C=O) groups is 1. The zero-order valence-corrected chi connectivity index (χ0v) is 18.0. The van der Waals surface area contributed by atoms with Crippen molar-refractivity contribution in [1.82, 2.24) is 4.41 Å². The molecule has 160 valence electrons. The quantitative estimate of drug-likeness (QED) is 0.601. The summed E-state index contributed by atoms with van der Waals surface area (Å²) in [6.45, 7) is 0. The van der Waals surface area contributed by atoms with Crippen molar-refractivity contribution in [2.24, 2.45) is 5.10 Å². The van der Waals surface area contributed by atoms with Gasteiger partial charge in [-0.05, 0) is 48.9 Å². The zero-order valence-electron chi connectivity index (χ0n) is 17.2. The van der Waals surface area contributed by atoms with E-state index < -0.39 is 22.0 Å². The molecule has 0 saturated carbocycles. The van der Waals surface area contributed by atoms with Crippen molar-refractivity contribution in [3.8, 4) is 5.75 Å². The molecule has 2 aromatic rings. The van der Waals surface area contributed by atoms with E-state index >= 15 is 0 Å². The summed E-state index contributed by atoms with van der Waals surface area (Å²) in [5, 5.41) is 4.37. The van der Waals surface area contributed by atoms with Crippen LogP contribution in [0.15, 0.2) is 59.7 Å². The van der Waals surface area contributed by atoms with Crippen molar-refractivity contribution in [2.75, 3.05) is 20.0 Å². The monoisotopic (exact) mass is 430 g/mol. The number of esters is 1. The van der Waals surface area contributed by atoms with Gasteiger partial charge in [-0.15, -0.1) is 0 Å². The summed E-state index contributed by atoms with van der Waals surface area (Å²) in [6, 6.07) is 16.0. The Bertz CT molecular complexity index is 988. The Labute approximate surface area is 177 Å². The summed E-state index contributed by atoms with van der Waals surface area (Å²) < 4.78 is 37.1. The first kappa shape index (κ1) is 21.8. The first-order chi connectivity index (χ1) is 14.4. The average molecular weight is 431 g/mol. The van der Waals surface area contributed by atoms with Gasteiger partial charge in [0.15, 0.2) is 6.04 Å². The first-order valence-corrected chi connectivity index (χ1v) is 11.4. The Kier molecular flexibility index (Phi) is 7.10. The third kappa shape index (κ3) is 5.18. The Morgan fingerprint density at radius 3 is 2.43 bits per heavy atom. The minimum Gasteiger partial charge on any atom is -0.497 e. The Morgan fingerprint density at radius 2 is 1.80 bits per heavy atom. The molecule has 0 bridgehead atoms. The van der Waals surface area contributed by atoms with Crippen molar-refractivity contribution in [2.45, 2.75) is 31.7 Å². The van der Waals surface area contributed by atoms with E-state index in [1.54, 1.807) is 7.11 Å². The smallest absolute Gasteiger partial charge is 0.331 e. The lowest BCUT2D eigenvalue weighted by Gasteiger charge is -2.31. The van der Waals surface area contributed by atoms with Crippen LogP contribution in [0.25, 0.3) is 0 Å². The highest BCUT2D eigenvalue weighted by atomic mass is 32.2. The average Bonchev–Trinajstić information content (AvgIpc) is 2.79. The topological polar surface area (TPSA) is 85.3 Å². The van der Waals surface area contributed by atoms with Crippen LogP contribution in [0.4, 0.5) is 0 Å². The predicted molar refractivity (Wildman–Crippen MR) is 115 cm³/mol. The molecule has 1 heterocycles. The number of rotatable bonds is 8. The van der Waals surface area contributed by atoms with Gasteiger partial charge in [-0.1, -0.05) is 42.5 Å². The summed E-state index contributed by atoms with van der Waals surface area (Å²) in [5.41, 5.74) is 2.51. The van der Waals surface area contributed by atoms with Crippen LogP contribution in [0.1, 0.15) is 30.4 Å². The van der Waals surface area contributed by atoms with E-state index in [1.807, 2.05) is 54.6 Å². The van der Waals surface area contributed by atoms with Gasteiger partial charge in [0.25, 0.3) is 10.0 Å². The van der Waals surface area contributed by atoms with Crippen LogP contribution in [0, 0.1) is 0 Å². The van der Waals surface area contributed by atoms with Gasteiger partial charge in [-0.2, -0.15) is 9.52 Å². The highest BCUT2D eigenvalue weighted by molar-refractivity contribution is 7.89. The van der Waals surface area contributed by atoms with Crippen LogP contribution >= 0.6 is 0 Å². The standard InChI is InChI=1S/C22H26N2O5S/c1-28-19-12-10-17(11-13-19)7-6-16-30(26,27)24-21(22(25)29-2)15-14-20(23-24)18-8-4-3-5-9-18/h3-5,8-13,21H,6-7,14-16H2,1-2H3. The molecule has 1 atom stereocenters. The lowest BCUT2D eigenvalue weighted by molar-refractivity contribution is -0.145. The number of hydrogen-bond acceptors (Lipinski definition) is 6. The third-order valence-electron chi connectivity index (χ3n) is 5.03. The Hall–Kier alpha value is -2.87. The number of carbonyl (C=O) groups excluding carboxylic acids is 1. The summed E-state index contributed by atoms with van der Waals surface area (Å²) in [5.74, 6) is 0.0472. The van der Waals surface area contributed by atoms with Crippen LogP contribution in [0.2, 0.25) is 0 Å². The fourth-order valence-electron chi connectivity index (χ4n) is 3.40. The van der Waals surface area contributed by atoms with Crippen LogP contribution in [0.3, 0.4) is 0 Å². The lowest BCUT2D eigenvalue weighted by Crippen LogP contribution is -2.46. The summed E-state index contributed by atoms with van der Waals surface area (Å²) in [7, 11) is -0.935. The van der Waals surface area contributed by atoms with Crippen LogP contribution in [-0.2, 0) is 26.0 Å². The van der Waals surface area contributed by atoms with Gasteiger partial charge in [0.2, 0.25) is 0 Å². The molecule has 3 rings (SSSR count). The van der Waals surface area contributed by atoms with E-state index in [-0.39, 0.29) is 5.75 Å². The Balaban J connectivity index is 1.76. The van der Waals surface area contributed by atoms with Gasteiger partial charge in [0.1, 0.15) is 5.75 Å². The molecule has 0 spiro atoms. The zero-order chi connectivity index (χ0) is 21.6. The van der Waals surface area contributed by atoms with E-state index in [0.29, 0.717) is 31.4 Å². The van der Waals surface area contributed by atoms with Crippen LogP contribution < -0.4 is 4.74 Å². The molecule has 30 heavy (non-hydrogen) atoms. The van der Waals surface area contributed by atoms with Gasteiger partial charge < -0.3 is 9.47 Å². The van der Waals surface area contributed by atoms with Crippen molar-refractivity contribution in [3.05, 3.63) is 65.7 Å². The molecule has 0 amide bonds. The largest absolute Gasteiger partial charge is 0.497 e. The fraction of sp³-hybridized carbons (Fsp3) is 0.364. The highest BCUT2D eigenvalue weighted by Crippen LogP contribution is 2.24. The second kappa shape index (κ2) is 9.75. The van der Waals surface area contributed by atoms with Crippen molar-refractivity contribution in [3.63, 3.8) is 0 Å². The van der Waals surface area contributed by atoms with Crippen LogP contribution in [0.5, 0.6) is 5.75 Å². The number of ether oxygens (including phenoxy) is 2. The maximum absolute atomic E-state index is 13.1. The minimum absolute atomic E-state index is 0.113. The van der Waals surface area contributed by atoms with Gasteiger partial charge in [0, 0.05) is 0 Å². The van der Waals surface area contributed by atoms with Gasteiger partial charge in [-0.25, -0.2) is 13.2 Å². The molecular weight excluding hydrogens is 404 g/mol. The molecule has 0 aliphatic carbocycles. The van der Waals surface area contributed by atoms with Crippen LogP contribution in [-0.4, -0.2) is 50.5 Å². The fourth-order valence-corrected chi connectivity index (χ4v) is 4.90. The van der Waals surface area contributed by atoms with E-state index in [2.05, 4.69) is 5.10 Å². The van der Waals surface area contributed by atoms with Crippen molar-refractivity contribution >= 4 is 21.7 Å². The molecule has 1 aliphatic rings. The Morgan fingerprint density at radius 1 is 1.10 bits per heavy atom. The molecule has 7 nitrogen and oxygen atoms in total. The second-order valence-corrected chi connectivity index (χ2v) is 8.98. The van der Waals surface area contributed by atoms with E-state index in [0.717, 1.165) is 21.3 Å². The van der Waals surface area contributed by atoms with Gasteiger partial charge >= 0.3 is 5.97 Å². The second-order valence-electron chi connectivity index (χ2n) is 7.03. The maximum atomic E-state index is 13.1. The summed E-state index contributed by atoms with van der Waals surface area (Å²) in [6.07, 6.45) is 1.84. The number of nitrogens with zero attached hydrogens (tertiary/aromatic N) is 2. The molecule has 0 fully saturated rings. The lowest BCUT2D eigenvalue weighted by atomic mass is 10.0. The number of methoxy groups -OCH3 is 2. The summed E-state index contributed by atoms with van der Waals surface area (Å²) in [4.78, 5) is 12.2. The SMILES string of the molecule is COC(=O)C1CCC(c2ccccc2)=NN1S(=O)(=O)CCCc1ccc(OC)cc1. The predicted octanol–water partition coefficient (Wildman–Crippen LogP) is 3.00. The van der Waals surface area contributed by atoms with E-state index in [9.17, 15) is 13.2 Å². The van der Waals surface area contributed by atoms with Gasteiger partial charge in [-0.3, -0.25) is 0 Å². The highest BCUT2D eigenvalue weighted by Gasteiger charge is 2.37. The number of hydrazone groups is 1. The van der Waals surface area contributed by atoms with E-state index in [4.69, 9.17) is 9.47 Å². The number of benzene rings is 2. The molecule has 0 N–H and O–H groups in total. The first-order valence-electron chi connectivity index (χ1n) is 9.80. The minimum atomic E-state index is -3.79. The molecule has 1 aliphatic heterocycles. The normalized spacial score (nSPS) is 16.7. The molecule has 1 unspecified atom stereocenters. The number of aryl methyl sites for hydroxylation is 1. The number of hydrogen-bond donors (Lipinski definition) is 0. The molecule has 8 heteroatoms. The van der Waals surface area contributed by atoms with Gasteiger partial charge in [0.05, 0.1) is 25.7 Å². The summed E-state index contributed by atoms with van der Waals surface area (Å²) >= 11 is 0. The number of sulfonamides is 1. The molecule has 0 saturated heterocycles. The molecule has 0 radical (unpaired) electrons. The molecule has 2 aromatic carbocycles. The van der Waals surface area contributed by atoms with Crippen molar-refractivity contribution < 1.29 is 22.7 Å². The van der Waals surface area contributed by atoms with E-state index in [1.165, 1.54) is 7.11 Å².